The molecule has 3 N–H and O–H groups in total. The zero-order valence-electron chi connectivity index (χ0n) is 15.3. The fourth-order valence-corrected chi connectivity index (χ4v) is 6.21. The highest BCUT2D eigenvalue weighted by Gasteiger charge is 2.28. The van der Waals surface area contributed by atoms with Crippen molar-refractivity contribution in [1.82, 2.24) is 0 Å². The van der Waals surface area contributed by atoms with Gasteiger partial charge in [-0.3, -0.25) is 4.79 Å². The van der Waals surface area contributed by atoms with Crippen LogP contribution in [0, 0.1) is 5.92 Å². The summed E-state index contributed by atoms with van der Waals surface area (Å²) in [6, 6.07) is 7.34. The second-order valence-electron chi connectivity index (χ2n) is 7.87. The zero-order valence-corrected chi connectivity index (χ0v) is 16.1. The van der Waals surface area contributed by atoms with E-state index in [-0.39, 0.29) is 28.9 Å². The van der Waals surface area contributed by atoms with Gasteiger partial charge in [-0.1, -0.05) is 37.8 Å². The Morgan fingerprint density at radius 3 is 2.54 bits per heavy atom. The molecule has 144 valence electrons. The molecule has 2 fully saturated rings. The van der Waals surface area contributed by atoms with Crippen LogP contribution in [0.4, 0.5) is 5.69 Å². The molecule has 0 saturated heterocycles. The maximum atomic E-state index is 12.7. The molecule has 26 heavy (non-hydrogen) atoms. The monoisotopic (exact) mass is 378 g/mol. The molecule has 0 unspecified atom stereocenters. The van der Waals surface area contributed by atoms with Crippen LogP contribution in [0.1, 0.15) is 63.4 Å². The minimum absolute atomic E-state index is 0.0420. The zero-order chi connectivity index (χ0) is 18.6. The lowest BCUT2D eigenvalue weighted by Gasteiger charge is -2.21. The first-order valence-electron chi connectivity index (χ1n) is 9.80. The molecule has 0 bridgehead atoms. The van der Waals surface area contributed by atoms with Crippen LogP contribution >= 0.6 is 0 Å². The molecule has 0 spiro atoms. The Hall–Kier alpha value is -1.40. The average Bonchev–Trinajstić information content (AvgIpc) is 3.00. The summed E-state index contributed by atoms with van der Waals surface area (Å²) in [4.78, 5) is 12.3. The van der Waals surface area contributed by atoms with Crippen molar-refractivity contribution in [2.24, 2.45) is 11.7 Å². The Morgan fingerprint density at radius 2 is 1.85 bits per heavy atom. The number of carbonyl (C=O) groups is 1. The lowest BCUT2D eigenvalue weighted by molar-refractivity contribution is -0.117. The molecule has 6 heteroatoms. The topological polar surface area (TPSA) is 89.3 Å². The van der Waals surface area contributed by atoms with E-state index >= 15 is 0 Å². The Morgan fingerprint density at radius 1 is 1.08 bits per heavy atom. The molecule has 2 aliphatic carbocycles. The van der Waals surface area contributed by atoms with Crippen molar-refractivity contribution in [2.75, 3.05) is 5.32 Å². The van der Waals surface area contributed by atoms with Gasteiger partial charge in [0, 0.05) is 18.2 Å². The van der Waals surface area contributed by atoms with Crippen molar-refractivity contribution < 1.29 is 13.2 Å². The standard InChI is InChI=1S/C20H30N2O3S/c21-19-11-5-7-16(19)13-20(23)22-17-8-4-6-15(12-17)14-26(24,25)18-9-2-1-3-10-18/h4,6,8,12,16,18-19H,1-3,5,7,9-11,13-14,21H2,(H,22,23)/t16-,19+/m0/s1. The number of rotatable bonds is 6. The van der Waals surface area contributed by atoms with E-state index in [2.05, 4.69) is 5.32 Å². The molecule has 0 aromatic heterocycles. The molecule has 5 nitrogen and oxygen atoms in total. The first-order valence-corrected chi connectivity index (χ1v) is 11.5. The maximum Gasteiger partial charge on any atom is 0.224 e. The van der Waals surface area contributed by atoms with Gasteiger partial charge in [0.15, 0.2) is 9.84 Å². The number of sulfone groups is 1. The van der Waals surface area contributed by atoms with Crippen LogP contribution in [0.3, 0.4) is 0 Å². The fraction of sp³-hybridized carbons (Fsp3) is 0.650. The van der Waals surface area contributed by atoms with Crippen LogP contribution < -0.4 is 11.1 Å². The highest BCUT2D eigenvalue weighted by atomic mass is 32.2. The van der Waals surface area contributed by atoms with E-state index in [1.54, 1.807) is 6.07 Å². The van der Waals surface area contributed by atoms with Crippen molar-refractivity contribution in [1.29, 1.82) is 0 Å². The Labute approximate surface area is 156 Å². The first kappa shape index (κ1) is 19.4. The van der Waals surface area contributed by atoms with E-state index in [1.165, 1.54) is 0 Å². The van der Waals surface area contributed by atoms with Gasteiger partial charge in [0.2, 0.25) is 5.91 Å². The molecule has 3 rings (SSSR count). The number of hydrogen-bond acceptors (Lipinski definition) is 4. The van der Waals surface area contributed by atoms with Crippen LogP contribution in [0.5, 0.6) is 0 Å². The minimum atomic E-state index is -3.14. The van der Waals surface area contributed by atoms with Crippen LogP contribution in [0.25, 0.3) is 0 Å². The van der Waals surface area contributed by atoms with Gasteiger partial charge in [-0.2, -0.15) is 0 Å². The van der Waals surface area contributed by atoms with E-state index in [4.69, 9.17) is 5.73 Å². The second-order valence-corrected chi connectivity index (χ2v) is 10.2. The molecule has 1 aromatic rings. The van der Waals surface area contributed by atoms with Gasteiger partial charge in [-0.15, -0.1) is 0 Å². The lowest BCUT2D eigenvalue weighted by atomic mass is 10.00. The molecule has 0 radical (unpaired) electrons. The van der Waals surface area contributed by atoms with Gasteiger partial charge >= 0.3 is 0 Å². The number of benzene rings is 1. The molecular formula is C20H30N2O3S. The normalized spacial score (nSPS) is 24.5. The highest BCUT2D eigenvalue weighted by molar-refractivity contribution is 7.91. The summed E-state index contributed by atoms with van der Waals surface area (Å²) in [6.45, 7) is 0. The summed E-state index contributed by atoms with van der Waals surface area (Å²) in [6.07, 6.45) is 8.23. The number of anilines is 1. The molecule has 1 amide bonds. The Bertz CT molecular complexity index is 726. The van der Waals surface area contributed by atoms with Crippen molar-refractivity contribution in [2.45, 2.75) is 74.8 Å². The van der Waals surface area contributed by atoms with Gasteiger partial charge in [-0.05, 0) is 49.3 Å². The van der Waals surface area contributed by atoms with Gasteiger partial charge in [-0.25, -0.2) is 8.42 Å². The third-order valence-electron chi connectivity index (χ3n) is 5.80. The predicted octanol–water partition coefficient (Wildman–Crippen LogP) is 3.39. The number of nitrogens with one attached hydrogen (secondary N) is 1. The number of hydrogen-bond donors (Lipinski definition) is 2. The highest BCUT2D eigenvalue weighted by Crippen LogP contribution is 2.28. The van der Waals surface area contributed by atoms with Gasteiger partial charge in [0.25, 0.3) is 0 Å². The summed E-state index contributed by atoms with van der Waals surface area (Å²) in [5.74, 6) is 0.263. The van der Waals surface area contributed by atoms with Crippen molar-refractivity contribution in [3.63, 3.8) is 0 Å². The van der Waals surface area contributed by atoms with E-state index in [0.29, 0.717) is 12.1 Å². The smallest absolute Gasteiger partial charge is 0.224 e. The third-order valence-corrected chi connectivity index (χ3v) is 8.03. The summed E-state index contributed by atoms with van der Waals surface area (Å²) in [5, 5.41) is 2.70. The van der Waals surface area contributed by atoms with E-state index < -0.39 is 9.84 Å². The number of amides is 1. The van der Waals surface area contributed by atoms with Gasteiger partial charge in [0.05, 0.1) is 11.0 Å². The fourth-order valence-electron chi connectivity index (χ4n) is 4.28. The summed E-state index contributed by atoms with van der Waals surface area (Å²) < 4.78 is 25.3. The number of carbonyl (C=O) groups excluding carboxylic acids is 1. The SMILES string of the molecule is N[C@@H]1CCC[C@H]1CC(=O)Nc1cccc(CS(=O)(=O)C2CCCCC2)c1. The van der Waals surface area contributed by atoms with Crippen LogP contribution in [-0.4, -0.2) is 25.6 Å². The van der Waals surface area contributed by atoms with Crippen LogP contribution in [-0.2, 0) is 20.4 Å². The average molecular weight is 379 g/mol. The largest absolute Gasteiger partial charge is 0.327 e. The molecule has 2 atom stereocenters. The Balaban J connectivity index is 1.59. The van der Waals surface area contributed by atoms with E-state index in [9.17, 15) is 13.2 Å². The summed E-state index contributed by atoms with van der Waals surface area (Å²) >= 11 is 0. The van der Waals surface area contributed by atoms with E-state index in [0.717, 1.165) is 56.9 Å². The van der Waals surface area contributed by atoms with Gasteiger partial charge in [0.1, 0.15) is 0 Å². The summed E-state index contributed by atoms with van der Waals surface area (Å²) in [7, 11) is -3.14. The van der Waals surface area contributed by atoms with Gasteiger partial charge < -0.3 is 11.1 Å². The molecule has 0 heterocycles. The molecule has 1 aromatic carbocycles. The first-order chi connectivity index (χ1) is 12.4. The van der Waals surface area contributed by atoms with Crippen molar-refractivity contribution in [3.05, 3.63) is 29.8 Å². The van der Waals surface area contributed by atoms with Crippen molar-refractivity contribution >= 4 is 21.4 Å². The predicted molar refractivity (Wildman–Crippen MR) is 105 cm³/mol. The minimum Gasteiger partial charge on any atom is -0.327 e. The molecule has 0 aliphatic heterocycles. The van der Waals surface area contributed by atoms with Crippen LogP contribution in [0.2, 0.25) is 0 Å². The van der Waals surface area contributed by atoms with Crippen molar-refractivity contribution in [3.8, 4) is 0 Å². The summed E-state index contributed by atoms with van der Waals surface area (Å²) in [5.41, 5.74) is 7.44. The maximum absolute atomic E-state index is 12.7. The quantitative estimate of drug-likeness (QED) is 0.794. The molecule has 2 aliphatic rings. The number of nitrogens with two attached hydrogens (primary N) is 1. The Kier molecular flexibility index (Phi) is 6.35. The van der Waals surface area contributed by atoms with E-state index in [1.807, 2.05) is 18.2 Å². The second kappa shape index (κ2) is 8.53. The third kappa shape index (κ3) is 5.07. The molecular weight excluding hydrogens is 348 g/mol. The molecule has 2 saturated carbocycles. The van der Waals surface area contributed by atoms with Crippen LogP contribution in [0.15, 0.2) is 24.3 Å². The lowest BCUT2D eigenvalue weighted by Crippen LogP contribution is -2.28.